The molecule has 0 aliphatic rings. The van der Waals surface area contributed by atoms with Gasteiger partial charge < -0.3 is 19.2 Å². The van der Waals surface area contributed by atoms with Crippen molar-refractivity contribution in [2.45, 2.75) is 0 Å². The van der Waals surface area contributed by atoms with Crippen LogP contribution in [0.1, 0.15) is 11.4 Å². The number of rotatable bonds is 7. The van der Waals surface area contributed by atoms with Gasteiger partial charge in [0.1, 0.15) is 29.5 Å². The molecule has 0 aliphatic carbocycles. The Kier molecular flexibility index (Phi) is 6.89. The summed E-state index contributed by atoms with van der Waals surface area (Å²) < 4.78 is 12.3. The Bertz CT molecular complexity index is 2080. The minimum Gasteiger partial charge on any atom is -0.507 e. The van der Waals surface area contributed by atoms with Crippen LogP contribution in [0.4, 0.5) is 0 Å². The van der Waals surface area contributed by atoms with E-state index in [2.05, 4.69) is 15.1 Å². The molecule has 0 fully saturated rings. The van der Waals surface area contributed by atoms with Crippen molar-refractivity contribution in [1.82, 2.24) is 19.7 Å². The lowest BCUT2D eigenvalue weighted by atomic mass is 10.1. The van der Waals surface area contributed by atoms with Gasteiger partial charge >= 0.3 is 11.6 Å². The van der Waals surface area contributed by atoms with E-state index in [1.165, 1.54) is 6.08 Å². The Hall–Kier alpha value is -6.21. The molecule has 0 amide bonds. The summed E-state index contributed by atoms with van der Waals surface area (Å²) in [6.45, 7) is -0.548. The van der Waals surface area contributed by atoms with Crippen LogP contribution in [0.5, 0.6) is 0 Å². The van der Waals surface area contributed by atoms with Crippen LogP contribution in [-0.2, 0) is 9.53 Å². The number of nitrogens with one attached hydrogen (secondary N) is 1. The van der Waals surface area contributed by atoms with Crippen LogP contribution in [0.3, 0.4) is 0 Å². The molecular formula is C32H21N5O5. The summed E-state index contributed by atoms with van der Waals surface area (Å²) in [5.74, 6) is -1.08. The third-order valence-corrected chi connectivity index (χ3v) is 6.44. The van der Waals surface area contributed by atoms with E-state index in [0.29, 0.717) is 27.9 Å². The molecule has 3 aromatic carbocycles. The van der Waals surface area contributed by atoms with Crippen molar-refractivity contribution in [1.29, 1.82) is 5.26 Å². The summed E-state index contributed by atoms with van der Waals surface area (Å²) in [5, 5.41) is 25.4. The molecule has 2 N–H and O–H groups in total. The van der Waals surface area contributed by atoms with Gasteiger partial charge in [0.2, 0.25) is 0 Å². The van der Waals surface area contributed by atoms with Crippen molar-refractivity contribution in [2.24, 2.45) is 0 Å². The molecule has 10 heteroatoms. The van der Waals surface area contributed by atoms with Crippen LogP contribution in [0, 0.1) is 11.3 Å². The predicted octanol–water partition coefficient (Wildman–Crippen LogP) is 5.57. The van der Waals surface area contributed by atoms with Crippen molar-refractivity contribution >= 4 is 39.6 Å². The molecular weight excluding hydrogens is 534 g/mol. The van der Waals surface area contributed by atoms with Crippen molar-refractivity contribution in [3.8, 4) is 23.0 Å². The lowest BCUT2D eigenvalue weighted by molar-refractivity contribution is -0.137. The SMILES string of the molecule is N#C/C(=C(/O)COC(=O)C=Cc1cn(-c2ccccc2)nc1-c1cc2ccccc2oc1=O)c1nc2ccccc2[nH]1. The number of aliphatic hydroxyl groups is 1. The number of fused-ring (bicyclic) bond motifs is 2. The number of aliphatic hydroxyl groups excluding tert-OH is 1. The van der Waals surface area contributed by atoms with Crippen LogP contribution in [0.2, 0.25) is 0 Å². The lowest BCUT2D eigenvalue weighted by Crippen LogP contribution is -2.06. The minimum absolute atomic E-state index is 0.141. The van der Waals surface area contributed by atoms with Crippen LogP contribution >= 0.6 is 0 Å². The second-order valence-electron chi connectivity index (χ2n) is 9.18. The first kappa shape index (κ1) is 26.0. The number of hydrogen-bond acceptors (Lipinski definition) is 8. The van der Waals surface area contributed by atoms with E-state index in [0.717, 1.165) is 17.1 Å². The molecule has 6 aromatic rings. The number of para-hydroxylation sites is 4. The van der Waals surface area contributed by atoms with E-state index < -0.39 is 24.0 Å². The van der Waals surface area contributed by atoms with Crippen LogP contribution in [0.25, 0.3) is 50.6 Å². The number of nitriles is 1. The van der Waals surface area contributed by atoms with Gasteiger partial charge in [0, 0.05) is 23.2 Å². The van der Waals surface area contributed by atoms with Gasteiger partial charge in [-0.1, -0.05) is 48.5 Å². The second kappa shape index (κ2) is 11.1. The minimum atomic E-state index is -0.785. The number of benzene rings is 3. The number of allylic oxidation sites excluding steroid dienone is 1. The van der Waals surface area contributed by atoms with Gasteiger partial charge in [0.15, 0.2) is 11.6 Å². The van der Waals surface area contributed by atoms with E-state index in [4.69, 9.17) is 9.15 Å². The fourth-order valence-electron chi connectivity index (χ4n) is 4.40. The number of carbonyl (C=O) groups excluding carboxylic acids is 1. The van der Waals surface area contributed by atoms with Gasteiger partial charge in [-0.15, -0.1) is 0 Å². The summed E-state index contributed by atoms with van der Waals surface area (Å²) in [6, 6.07) is 27.2. The Balaban J connectivity index is 1.28. The monoisotopic (exact) mass is 555 g/mol. The first-order valence-corrected chi connectivity index (χ1v) is 12.8. The number of imidazole rings is 1. The highest BCUT2D eigenvalue weighted by Crippen LogP contribution is 2.26. The lowest BCUT2D eigenvalue weighted by Gasteiger charge is -2.03. The molecule has 0 aliphatic heterocycles. The Labute approximate surface area is 238 Å². The van der Waals surface area contributed by atoms with Gasteiger partial charge in [-0.3, -0.25) is 0 Å². The second-order valence-corrected chi connectivity index (χ2v) is 9.18. The Morgan fingerprint density at radius 1 is 1.07 bits per heavy atom. The van der Waals surface area contributed by atoms with Gasteiger partial charge in [-0.05, 0) is 42.5 Å². The van der Waals surface area contributed by atoms with Crippen molar-refractivity contribution in [3.63, 3.8) is 0 Å². The molecule has 3 aromatic heterocycles. The average Bonchev–Trinajstić information content (AvgIpc) is 3.64. The maximum Gasteiger partial charge on any atom is 0.345 e. The molecule has 42 heavy (non-hydrogen) atoms. The third kappa shape index (κ3) is 5.17. The van der Waals surface area contributed by atoms with Gasteiger partial charge in [0.05, 0.1) is 22.3 Å². The Morgan fingerprint density at radius 2 is 1.83 bits per heavy atom. The van der Waals surface area contributed by atoms with Crippen molar-refractivity contribution in [3.05, 3.63) is 125 Å². The molecule has 3 heterocycles. The number of aromatic nitrogens is 4. The summed E-state index contributed by atoms with van der Waals surface area (Å²) in [6.07, 6.45) is 4.29. The van der Waals surface area contributed by atoms with Crippen molar-refractivity contribution < 1.29 is 19.1 Å². The zero-order chi connectivity index (χ0) is 29.1. The quantitative estimate of drug-likeness (QED) is 0.0854. The molecule has 204 valence electrons. The van der Waals surface area contributed by atoms with Crippen LogP contribution < -0.4 is 5.63 Å². The number of esters is 1. The van der Waals surface area contributed by atoms with Gasteiger partial charge in [0.25, 0.3) is 0 Å². The maximum absolute atomic E-state index is 12.9. The standard InChI is InChI=1S/C32H21N5O5/c33-17-24(31-34-25-11-5-6-12-26(25)35-31)27(38)19-41-29(39)15-14-21-18-37(22-9-2-1-3-10-22)36-30(21)23-16-20-8-4-7-13-28(20)42-32(23)40/h1-16,18,38H,19H2,(H,34,35)/b15-14?,27-24-. The van der Waals surface area contributed by atoms with E-state index in [1.807, 2.05) is 54.6 Å². The number of carbonyl (C=O) groups is 1. The predicted molar refractivity (Wildman–Crippen MR) is 156 cm³/mol. The zero-order valence-corrected chi connectivity index (χ0v) is 21.9. The fourth-order valence-corrected chi connectivity index (χ4v) is 4.40. The number of hydrogen-bond donors (Lipinski definition) is 2. The molecule has 0 unspecified atom stereocenters. The van der Waals surface area contributed by atoms with Crippen LogP contribution in [0.15, 0.2) is 112 Å². The highest BCUT2D eigenvalue weighted by molar-refractivity contribution is 5.90. The van der Waals surface area contributed by atoms with Crippen molar-refractivity contribution in [2.75, 3.05) is 6.61 Å². The number of nitrogens with zero attached hydrogens (tertiary/aromatic N) is 4. The highest BCUT2D eigenvalue weighted by Gasteiger charge is 2.17. The maximum atomic E-state index is 12.9. The summed E-state index contributed by atoms with van der Waals surface area (Å²) in [5.41, 5.74) is 2.78. The first-order valence-electron chi connectivity index (χ1n) is 12.8. The molecule has 0 saturated heterocycles. The van der Waals surface area contributed by atoms with Gasteiger partial charge in [-0.25, -0.2) is 19.3 Å². The molecule has 0 radical (unpaired) electrons. The smallest absolute Gasteiger partial charge is 0.345 e. The topological polar surface area (TPSA) is 147 Å². The normalized spacial score (nSPS) is 12.0. The van der Waals surface area contributed by atoms with E-state index in [9.17, 15) is 20.0 Å². The largest absolute Gasteiger partial charge is 0.507 e. The Morgan fingerprint density at radius 3 is 2.64 bits per heavy atom. The summed E-state index contributed by atoms with van der Waals surface area (Å²) in [4.78, 5) is 32.8. The summed E-state index contributed by atoms with van der Waals surface area (Å²) in [7, 11) is 0. The fraction of sp³-hybridized carbons (Fsp3) is 0.0312. The van der Waals surface area contributed by atoms with E-state index in [1.54, 1.807) is 47.3 Å². The van der Waals surface area contributed by atoms with Gasteiger partial charge in [-0.2, -0.15) is 10.4 Å². The molecule has 0 spiro atoms. The molecule has 6 rings (SSSR count). The third-order valence-electron chi connectivity index (χ3n) is 6.44. The molecule has 0 saturated carbocycles. The first-order chi connectivity index (χ1) is 20.5. The number of H-pyrrole nitrogens is 1. The molecule has 0 bridgehead atoms. The van der Waals surface area contributed by atoms with Crippen LogP contribution in [-0.4, -0.2) is 37.4 Å². The number of ether oxygens (including phenoxy) is 1. The number of aromatic amines is 1. The zero-order valence-electron chi connectivity index (χ0n) is 21.9. The van der Waals surface area contributed by atoms with E-state index >= 15 is 0 Å². The molecule has 0 atom stereocenters. The average molecular weight is 556 g/mol. The molecule has 10 nitrogen and oxygen atoms in total. The highest BCUT2D eigenvalue weighted by atomic mass is 16.5. The van der Waals surface area contributed by atoms with E-state index in [-0.39, 0.29) is 17.0 Å². The summed E-state index contributed by atoms with van der Waals surface area (Å²) >= 11 is 0.